The van der Waals surface area contributed by atoms with Gasteiger partial charge in [0.2, 0.25) is 0 Å². The van der Waals surface area contributed by atoms with E-state index in [1.807, 2.05) is 24.3 Å². The van der Waals surface area contributed by atoms with Gasteiger partial charge in [-0.3, -0.25) is 4.31 Å². The molecule has 1 aliphatic heterocycles. The molecule has 0 N–H and O–H groups in total. The molecule has 0 saturated heterocycles. The molecule has 0 amide bonds. The van der Waals surface area contributed by atoms with E-state index >= 15 is 0 Å². The number of benzene rings is 1. The molecule has 0 radical (unpaired) electrons. The van der Waals surface area contributed by atoms with E-state index in [2.05, 4.69) is 0 Å². The second-order valence-electron chi connectivity index (χ2n) is 3.68. The van der Waals surface area contributed by atoms with Gasteiger partial charge < -0.3 is 0 Å². The Bertz CT molecular complexity index is 485. The molecule has 6 heteroatoms. The molecule has 1 aromatic rings. The highest BCUT2D eigenvalue weighted by molar-refractivity contribution is 7.99. The molecular formula is C10H14N2O2S2. The summed E-state index contributed by atoms with van der Waals surface area (Å²) < 4.78 is 26.9. The van der Waals surface area contributed by atoms with E-state index in [-0.39, 0.29) is 0 Å². The molecular weight excluding hydrogens is 244 g/mol. The van der Waals surface area contributed by atoms with E-state index in [9.17, 15) is 8.42 Å². The van der Waals surface area contributed by atoms with Crippen LogP contribution in [0.5, 0.6) is 0 Å². The molecule has 0 aromatic heterocycles. The Morgan fingerprint density at radius 3 is 2.69 bits per heavy atom. The summed E-state index contributed by atoms with van der Waals surface area (Å²) in [5, 5.41) is 0. The van der Waals surface area contributed by atoms with Gasteiger partial charge in [-0.15, -0.1) is 11.8 Å². The van der Waals surface area contributed by atoms with Crippen LogP contribution in [0.2, 0.25) is 0 Å². The molecule has 1 aliphatic rings. The first-order valence-electron chi connectivity index (χ1n) is 4.95. The summed E-state index contributed by atoms with van der Waals surface area (Å²) in [5.41, 5.74) is 0.785. The van der Waals surface area contributed by atoms with Crippen LogP contribution in [0, 0.1) is 0 Å². The van der Waals surface area contributed by atoms with Crippen LogP contribution >= 0.6 is 11.8 Å². The van der Waals surface area contributed by atoms with Crippen molar-refractivity contribution < 1.29 is 8.42 Å². The number of hydrogen-bond donors (Lipinski definition) is 0. The summed E-state index contributed by atoms with van der Waals surface area (Å²) in [6.45, 7) is 0.530. The Labute approximate surface area is 100 Å². The summed E-state index contributed by atoms with van der Waals surface area (Å²) >= 11 is 1.70. The van der Waals surface area contributed by atoms with E-state index < -0.39 is 10.2 Å². The first kappa shape index (κ1) is 11.8. The monoisotopic (exact) mass is 258 g/mol. The minimum atomic E-state index is -3.36. The molecule has 0 spiro atoms. The Morgan fingerprint density at radius 2 is 2.00 bits per heavy atom. The third-order valence-electron chi connectivity index (χ3n) is 2.43. The number of thioether (sulfide) groups is 1. The Morgan fingerprint density at radius 1 is 1.31 bits per heavy atom. The zero-order chi connectivity index (χ0) is 11.8. The number of rotatable bonds is 2. The maximum absolute atomic E-state index is 12.1. The molecule has 16 heavy (non-hydrogen) atoms. The summed E-state index contributed by atoms with van der Waals surface area (Å²) in [6.07, 6.45) is 0. The van der Waals surface area contributed by atoms with Gasteiger partial charge in [-0.25, -0.2) is 0 Å². The molecule has 1 heterocycles. The Kier molecular flexibility index (Phi) is 3.14. The van der Waals surface area contributed by atoms with Crippen molar-refractivity contribution in [2.24, 2.45) is 0 Å². The van der Waals surface area contributed by atoms with Gasteiger partial charge in [-0.1, -0.05) is 12.1 Å². The average Bonchev–Trinajstić information content (AvgIpc) is 2.28. The smallest absolute Gasteiger partial charge is 0.256 e. The quantitative estimate of drug-likeness (QED) is 0.805. The number of nitrogens with zero attached hydrogens (tertiary/aromatic N) is 2. The van der Waals surface area contributed by atoms with Crippen LogP contribution in [0.15, 0.2) is 29.2 Å². The van der Waals surface area contributed by atoms with Gasteiger partial charge >= 0.3 is 10.2 Å². The number of hydrogen-bond acceptors (Lipinski definition) is 3. The molecule has 1 aromatic carbocycles. The lowest BCUT2D eigenvalue weighted by atomic mass is 10.3. The molecule has 0 bridgehead atoms. The van der Waals surface area contributed by atoms with Crippen LogP contribution in [0.25, 0.3) is 0 Å². The fraction of sp³-hybridized carbons (Fsp3) is 0.400. The summed E-state index contributed by atoms with van der Waals surface area (Å²) in [5.74, 6) is 0.796. The van der Waals surface area contributed by atoms with Crippen molar-refractivity contribution >= 4 is 27.7 Å². The number of anilines is 1. The third-order valence-corrected chi connectivity index (χ3v) is 5.33. The van der Waals surface area contributed by atoms with Crippen molar-refractivity contribution in [3.63, 3.8) is 0 Å². The lowest BCUT2D eigenvalue weighted by molar-refractivity contribution is 0.516. The lowest BCUT2D eigenvalue weighted by Gasteiger charge is -2.31. The summed E-state index contributed by atoms with van der Waals surface area (Å²) in [4.78, 5) is 1.03. The van der Waals surface area contributed by atoms with E-state index in [0.29, 0.717) is 6.54 Å². The minimum absolute atomic E-state index is 0.530. The largest absolute Gasteiger partial charge is 0.303 e. The molecule has 88 valence electrons. The topological polar surface area (TPSA) is 40.6 Å². The molecule has 2 rings (SSSR count). The second kappa shape index (κ2) is 4.27. The first-order chi connectivity index (χ1) is 7.53. The predicted molar refractivity (Wildman–Crippen MR) is 67.1 cm³/mol. The maximum atomic E-state index is 12.1. The van der Waals surface area contributed by atoms with Crippen LogP contribution in [0.4, 0.5) is 5.69 Å². The van der Waals surface area contributed by atoms with Crippen molar-refractivity contribution in [3.8, 4) is 0 Å². The van der Waals surface area contributed by atoms with E-state index in [1.54, 1.807) is 25.9 Å². The van der Waals surface area contributed by atoms with Crippen molar-refractivity contribution in [3.05, 3.63) is 24.3 Å². The average molecular weight is 258 g/mol. The SMILES string of the molecule is CN(C)S(=O)(=O)N1CCSc2ccccc21. The zero-order valence-corrected chi connectivity index (χ0v) is 10.9. The molecule has 0 unspecified atom stereocenters. The highest BCUT2D eigenvalue weighted by atomic mass is 32.2. The number of para-hydroxylation sites is 1. The van der Waals surface area contributed by atoms with Gasteiger partial charge in [0.1, 0.15) is 0 Å². The van der Waals surface area contributed by atoms with Crippen LogP contribution in [-0.2, 0) is 10.2 Å². The predicted octanol–water partition coefficient (Wildman–Crippen LogP) is 1.41. The van der Waals surface area contributed by atoms with Crippen molar-refractivity contribution in [2.75, 3.05) is 30.7 Å². The van der Waals surface area contributed by atoms with Crippen molar-refractivity contribution in [1.29, 1.82) is 0 Å². The van der Waals surface area contributed by atoms with Gasteiger partial charge in [0.25, 0.3) is 0 Å². The minimum Gasteiger partial charge on any atom is -0.256 e. The van der Waals surface area contributed by atoms with Crippen molar-refractivity contribution in [2.45, 2.75) is 4.90 Å². The van der Waals surface area contributed by atoms with Gasteiger partial charge in [0.05, 0.1) is 5.69 Å². The Hall–Kier alpha value is -0.720. The van der Waals surface area contributed by atoms with Crippen LogP contribution < -0.4 is 4.31 Å². The molecule has 0 saturated carbocycles. The van der Waals surface area contributed by atoms with Crippen LogP contribution in [-0.4, -0.2) is 39.1 Å². The highest BCUT2D eigenvalue weighted by Crippen LogP contribution is 2.36. The Balaban J connectivity index is 2.47. The first-order valence-corrected chi connectivity index (χ1v) is 7.34. The normalized spacial score (nSPS) is 16.3. The second-order valence-corrected chi connectivity index (χ2v) is 6.88. The molecule has 0 atom stereocenters. The highest BCUT2D eigenvalue weighted by Gasteiger charge is 2.28. The summed E-state index contributed by atoms with van der Waals surface area (Å²) in [7, 11) is -0.250. The molecule has 0 aliphatic carbocycles. The van der Waals surface area contributed by atoms with E-state index in [1.165, 1.54) is 8.61 Å². The van der Waals surface area contributed by atoms with Crippen LogP contribution in [0.3, 0.4) is 0 Å². The van der Waals surface area contributed by atoms with E-state index in [4.69, 9.17) is 0 Å². The zero-order valence-electron chi connectivity index (χ0n) is 9.25. The van der Waals surface area contributed by atoms with E-state index in [0.717, 1.165) is 16.3 Å². The standard InChI is InChI=1S/C10H14N2O2S2/c1-11(2)16(13,14)12-7-8-15-10-6-4-3-5-9(10)12/h3-6H,7-8H2,1-2H3. The summed E-state index contributed by atoms with van der Waals surface area (Å²) in [6, 6.07) is 7.60. The van der Waals surface area contributed by atoms with Gasteiger partial charge in [-0.2, -0.15) is 12.7 Å². The molecule has 4 nitrogen and oxygen atoms in total. The lowest BCUT2D eigenvalue weighted by Crippen LogP contribution is -2.42. The fourth-order valence-electron chi connectivity index (χ4n) is 1.58. The van der Waals surface area contributed by atoms with Crippen molar-refractivity contribution in [1.82, 2.24) is 4.31 Å². The maximum Gasteiger partial charge on any atom is 0.303 e. The fourth-order valence-corrected chi connectivity index (χ4v) is 3.87. The molecule has 0 fully saturated rings. The van der Waals surface area contributed by atoms with Gasteiger partial charge in [-0.05, 0) is 12.1 Å². The van der Waals surface area contributed by atoms with Crippen LogP contribution in [0.1, 0.15) is 0 Å². The van der Waals surface area contributed by atoms with Gasteiger partial charge in [0, 0.05) is 31.3 Å². The van der Waals surface area contributed by atoms with Gasteiger partial charge in [0.15, 0.2) is 0 Å². The number of fused-ring (bicyclic) bond motifs is 1. The third kappa shape index (κ3) is 1.92.